The van der Waals surface area contributed by atoms with Crippen LogP contribution in [0.5, 0.6) is 11.5 Å². The van der Waals surface area contributed by atoms with Gasteiger partial charge in [-0.25, -0.2) is 0 Å². The van der Waals surface area contributed by atoms with Crippen LogP contribution in [0.2, 0.25) is 0 Å². The lowest BCUT2D eigenvalue weighted by Crippen LogP contribution is -2.31. The van der Waals surface area contributed by atoms with Crippen molar-refractivity contribution in [1.82, 2.24) is 10.3 Å². The Kier molecular flexibility index (Phi) is 4.86. The van der Waals surface area contributed by atoms with Gasteiger partial charge in [0.25, 0.3) is 0 Å². The maximum atomic E-state index is 5.86. The van der Waals surface area contributed by atoms with E-state index in [-0.39, 0.29) is 11.5 Å². The summed E-state index contributed by atoms with van der Waals surface area (Å²) in [6, 6.07) is 8.86. The summed E-state index contributed by atoms with van der Waals surface area (Å²) >= 11 is 0. The number of ether oxygens (including phenoxy) is 2. The van der Waals surface area contributed by atoms with Crippen LogP contribution in [0.4, 0.5) is 0 Å². The van der Waals surface area contributed by atoms with Crippen LogP contribution in [0.1, 0.15) is 60.3 Å². The molecule has 2 heterocycles. The number of H-pyrrole nitrogens is 1. The molecule has 2 aromatic carbocycles. The second-order valence-electron chi connectivity index (χ2n) is 9.20. The fourth-order valence-electron chi connectivity index (χ4n) is 4.77. The number of benzene rings is 2. The fourth-order valence-corrected chi connectivity index (χ4v) is 4.77. The van der Waals surface area contributed by atoms with E-state index in [2.05, 4.69) is 69.2 Å². The second kappa shape index (κ2) is 7.10. The largest absolute Gasteiger partial charge is 0.496 e. The summed E-state index contributed by atoms with van der Waals surface area (Å²) in [5, 5.41) is 5.07. The number of methoxy groups -OCH3 is 2. The van der Waals surface area contributed by atoms with Gasteiger partial charge in [-0.1, -0.05) is 26.8 Å². The van der Waals surface area contributed by atoms with Crippen molar-refractivity contribution in [2.24, 2.45) is 0 Å². The first-order valence-electron chi connectivity index (χ1n) is 10.4. The average molecular weight is 393 g/mol. The number of fused-ring (bicyclic) bond motifs is 3. The van der Waals surface area contributed by atoms with Gasteiger partial charge in [-0.15, -0.1) is 0 Å². The van der Waals surface area contributed by atoms with Gasteiger partial charge in [0.1, 0.15) is 11.5 Å². The Morgan fingerprint density at radius 3 is 2.34 bits per heavy atom. The monoisotopic (exact) mass is 392 g/mol. The Labute approximate surface area is 173 Å². The van der Waals surface area contributed by atoms with Crippen LogP contribution in [0.3, 0.4) is 0 Å². The Balaban J connectivity index is 1.92. The summed E-state index contributed by atoms with van der Waals surface area (Å²) < 4.78 is 11.6. The summed E-state index contributed by atoms with van der Waals surface area (Å²) in [5.41, 5.74) is 8.74. The van der Waals surface area contributed by atoms with Gasteiger partial charge in [0, 0.05) is 34.3 Å². The molecular weight excluding hydrogens is 360 g/mol. The molecule has 0 saturated heterocycles. The minimum absolute atomic E-state index is 0.0297. The predicted octanol–water partition coefficient (Wildman–Crippen LogP) is 5.33. The van der Waals surface area contributed by atoms with Crippen LogP contribution in [0.15, 0.2) is 24.3 Å². The molecule has 4 rings (SSSR count). The van der Waals surface area contributed by atoms with E-state index in [0.717, 1.165) is 35.6 Å². The van der Waals surface area contributed by atoms with E-state index < -0.39 is 0 Å². The molecule has 0 spiro atoms. The van der Waals surface area contributed by atoms with Crippen LogP contribution in [-0.4, -0.2) is 25.7 Å². The summed E-state index contributed by atoms with van der Waals surface area (Å²) in [7, 11) is 3.50. The zero-order chi connectivity index (χ0) is 20.9. The summed E-state index contributed by atoms with van der Waals surface area (Å²) in [6.07, 6.45) is 1.02. The van der Waals surface area contributed by atoms with Crippen molar-refractivity contribution in [1.29, 1.82) is 0 Å². The normalized spacial score (nSPS) is 16.7. The molecule has 2 N–H and O–H groups in total. The number of aromatic amines is 1. The van der Waals surface area contributed by atoms with E-state index >= 15 is 0 Å². The van der Waals surface area contributed by atoms with Crippen LogP contribution in [0.25, 0.3) is 10.9 Å². The van der Waals surface area contributed by atoms with E-state index in [9.17, 15) is 0 Å². The van der Waals surface area contributed by atoms with Crippen molar-refractivity contribution in [3.63, 3.8) is 0 Å². The first-order chi connectivity index (χ1) is 13.7. The van der Waals surface area contributed by atoms with E-state index in [0.29, 0.717) is 0 Å². The lowest BCUT2D eigenvalue weighted by atomic mass is 9.84. The number of aryl methyl sites for hydroxylation is 2. The SMILES string of the molecule is COc1cc(C(C)(C)C)c(OC)cc1C1NCCc2c1[nH]c1cc(C)cc(C)c21. The number of aromatic nitrogens is 1. The van der Waals surface area contributed by atoms with Gasteiger partial charge in [-0.3, -0.25) is 0 Å². The molecule has 0 bridgehead atoms. The molecule has 0 amide bonds. The van der Waals surface area contributed by atoms with Crippen molar-refractivity contribution in [2.45, 2.75) is 52.5 Å². The lowest BCUT2D eigenvalue weighted by molar-refractivity contribution is 0.380. The molecule has 1 aliphatic heterocycles. The van der Waals surface area contributed by atoms with Crippen molar-refractivity contribution in [2.75, 3.05) is 20.8 Å². The molecule has 4 nitrogen and oxygen atoms in total. The van der Waals surface area contributed by atoms with Crippen molar-refractivity contribution in [3.8, 4) is 11.5 Å². The molecule has 0 fully saturated rings. The minimum Gasteiger partial charge on any atom is -0.496 e. The van der Waals surface area contributed by atoms with E-state index in [1.807, 2.05) is 0 Å². The van der Waals surface area contributed by atoms with Gasteiger partial charge in [0.05, 0.1) is 20.3 Å². The maximum absolute atomic E-state index is 5.86. The third kappa shape index (κ3) is 3.29. The molecule has 0 radical (unpaired) electrons. The fraction of sp³-hybridized carbons (Fsp3) is 0.440. The predicted molar refractivity (Wildman–Crippen MR) is 120 cm³/mol. The van der Waals surface area contributed by atoms with E-state index in [1.165, 1.54) is 33.3 Å². The van der Waals surface area contributed by atoms with Gasteiger partial charge < -0.3 is 19.8 Å². The Morgan fingerprint density at radius 2 is 1.69 bits per heavy atom. The molecule has 1 aromatic heterocycles. The topological polar surface area (TPSA) is 46.3 Å². The van der Waals surface area contributed by atoms with Gasteiger partial charge in [-0.05, 0) is 60.6 Å². The molecular formula is C25H32N2O2. The van der Waals surface area contributed by atoms with Crippen molar-refractivity contribution < 1.29 is 9.47 Å². The van der Waals surface area contributed by atoms with Crippen LogP contribution in [-0.2, 0) is 11.8 Å². The quantitative estimate of drug-likeness (QED) is 0.633. The first-order valence-corrected chi connectivity index (χ1v) is 10.4. The molecule has 3 aromatic rings. The third-order valence-electron chi connectivity index (χ3n) is 6.06. The first kappa shape index (κ1) is 19.8. The number of hydrogen-bond donors (Lipinski definition) is 2. The highest BCUT2D eigenvalue weighted by atomic mass is 16.5. The number of hydrogen-bond acceptors (Lipinski definition) is 3. The highest BCUT2D eigenvalue weighted by Gasteiger charge is 2.30. The highest BCUT2D eigenvalue weighted by molar-refractivity contribution is 5.89. The molecule has 1 aliphatic rings. The van der Waals surface area contributed by atoms with Gasteiger partial charge in [-0.2, -0.15) is 0 Å². The van der Waals surface area contributed by atoms with Crippen LogP contribution in [0, 0.1) is 13.8 Å². The molecule has 1 unspecified atom stereocenters. The molecule has 0 aliphatic carbocycles. The third-order valence-corrected chi connectivity index (χ3v) is 6.06. The highest BCUT2D eigenvalue weighted by Crippen LogP contribution is 2.43. The number of rotatable bonds is 3. The smallest absolute Gasteiger partial charge is 0.124 e. The van der Waals surface area contributed by atoms with Gasteiger partial charge in [0.15, 0.2) is 0 Å². The maximum Gasteiger partial charge on any atom is 0.124 e. The standard InChI is InChI=1S/C25H32N2O2/c1-14-10-15(2)22-16-8-9-26-23(24(16)27-19(22)11-14)17-12-21(29-7)18(25(3,4)5)13-20(17)28-6/h10-13,23,26-27H,8-9H2,1-7H3. The Hall–Kier alpha value is -2.46. The lowest BCUT2D eigenvalue weighted by Gasteiger charge is -2.29. The van der Waals surface area contributed by atoms with E-state index in [4.69, 9.17) is 9.47 Å². The average Bonchev–Trinajstić information content (AvgIpc) is 3.04. The van der Waals surface area contributed by atoms with E-state index in [1.54, 1.807) is 14.2 Å². The zero-order valence-electron chi connectivity index (χ0n) is 18.6. The molecule has 29 heavy (non-hydrogen) atoms. The molecule has 4 heteroatoms. The summed E-state index contributed by atoms with van der Waals surface area (Å²) in [4.78, 5) is 3.72. The molecule has 154 valence electrons. The second-order valence-corrected chi connectivity index (χ2v) is 9.20. The Bertz CT molecular complexity index is 1070. The van der Waals surface area contributed by atoms with Crippen LogP contribution < -0.4 is 14.8 Å². The van der Waals surface area contributed by atoms with Crippen LogP contribution >= 0.6 is 0 Å². The summed E-state index contributed by atoms with van der Waals surface area (Å²) in [5.74, 6) is 1.80. The van der Waals surface area contributed by atoms with Crippen molar-refractivity contribution in [3.05, 3.63) is 57.8 Å². The summed E-state index contributed by atoms with van der Waals surface area (Å²) in [6.45, 7) is 11.9. The van der Waals surface area contributed by atoms with Gasteiger partial charge >= 0.3 is 0 Å². The molecule has 1 atom stereocenters. The van der Waals surface area contributed by atoms with Crippen molar-refractivity contribution >= 4 is 10.9 Å². The zero-order valence-corrected chi connectivity index (χ0v) is 18.6. The van der Waals surface area contributed by atoms with Gasteiger partial charge in [0.2, 0.25) is 0 Å². The number of nitrogens with one attached hydrogen (secondary N) is 2. The minimum atomic E-state index is -0.0297. The molecule has 0 saturated carbocycles. The Morgan fingerprint density at radius 1 is 0.966 bits per heavy atom.